The summed E-state index contributed by atoms with van der Waals surface area (Å²) in [7, 11) is 1.59. The fraction of sp³-hybridized carbons (Fsp3) is 0.133. The van der Waals surface area contributed by atoms with Gasteiger partial charge in [0.1, 0.15) is 17.9 Å². The maximum Gasteiger partial charge on any atom is 0.307 e. The van der Waals surface area contributed by atoms with Gasteiger partial charge in [0.25, 0.3) is 0 Å². The fourth-order valence-electron chi connectivity index (χ4n) is 4.13. The number of carbonyl (C=O) groups excluding carboxylic acids is 1. The number of hydrogen-bond acceptors (Lipinski definition) is 6. The van der Waals surface area contributed by atoms with Crippen molar-refractivity contribution in [1.29, 1.82) is 0 Å². The van der Waals surface area contributed by atoms with Crippen LogP contribution in [0.25, 0.3) is 21.7 Å². The number of methoxy groups -OCH3 is 1. The van der Waals surface area contributed by atoms with Gasteiger partial charge >= 0.3 is 5.91 Å². The summed E-state index contributed by atoms with van der Waals surface area (Å²) in [6.07, 6.45) is 1.55. The molecule has 0 aliphatic rings. The lowest BCUT2D eigenvalue weighted by atomic mass is 10.1. The Bertz CT molecular complexity index is 1640. The highest BCUT2D eigenvalue weighted by Gasteiger charge is 2.14. The molecular weight excluding hydrogens is 595 g/mol. The van der Waals surface area contributed by atoms with Crippen molar-refractivity contribution in [2.24, 2.45) is 5.10 Å². The van der Waals surface area contributed by atoms with Gasteiger partial charge in [0.05, 0.1) is 23.5 Å². The first-order valence-corrected chi connectivity index (χ1v) is 13.1. The molecule has 0 atom stereocenters. The third kappa shape index (κ3) is 5.60. The molecule has 0 aliphatic carbocycles. The van der Waals surface area contributed by atoms with E-state index in [1.54, 1.807) is 31.5 Å². The number of benzene rings is 4. The van der Waals surface area contributed by atoms with Crippen LogP contribution < -0.4 is 19.6 Å². The Morgan fingerprint density at radius 3 is 2.68 bits per heavy atom. The van der Waals surface area contributed by atoms with Crippen molar-refractivity contribution in [2.45, 2.75) is 13.5 Å². The smallest absolute Gasteiger partial charge is 0.307 e. The number of rotatable bonds is 9. The average molecular weight is 620 g/mol. The van der Waals surface area contributed by atoms with E-state index in [1.165, 1.54) is 5.39 Å². The number of carbonyl (C=O) groups is 1. The van der Waals surface area contributed by atoms with Crippen LogP contribution in [-0.4, -0.2) is 25.8 Å². The minimum absolute atomic E-state index is 0.162. The van der Waals surface area contributed by atoms with Gasteiger partial charge in [-0.15, -0.1) is 0 Å². The molecule has 1 N–H and O–H groups in total. The Morgan fingerprint density at radius 1 is 1.00 bits per heavy atom. The second-order valence-electron chi connectivity index (χ2n) is 8.40. The Balaban J connectivity index is 1.27. The summed E-state index contributed by atoms with van der Waals surface area (Å²) < 4.78 is 23.8. The van der Waals surface area contributed by atoms with Crippen molar-refractivity contribution in [3.63, 3.8) is 0 Å². The molecule has 1 heterocycles. The third-order valence-corrected chi connectivity index (χ3v) is 6.71. The number of nitrogens with one attached hydrogen (secondary N) is 1. The van der Waals surface area contributed by atoms with E-state index in [0.29, 0.717) is 30.3 Å². The summed E-state index contributed by atoms with van der Waals surface area (Å²) in [5.74, 6) is 1.66. The molecule has 0 radical (unpaired) electrons. The SMILES string of the molecule is CCOc1ccc2oc(C(=O)N/N=C/c3cc(I)c(OCc4cccc5ccccc45)c(OC)c3)cc2c1. The van der Waals surface area contributed by atoms with Gasteiger partial charge in [-0.3, -0.25) is 4.79 Å². The Hall–Kier alpha value is -4.05. The molecule has 8 heteroatoms. The van der Waals surface area contributed by atoms with Crippen molar-refractivity contribution >= 4 is 56.5 Å². The normalized spacial score (nSPS) is 11.2. The lowest BCUT2D eigenvalue weighted by Gasteiger charge is -2.14. The highest BCUT2D eigenvalue weighted by atomic mass is 127. The van der Waals surface area contributed by atoms with Gasteiger partial charge in [-0.25, -0.2) is 5.43 Å². The minimum Gasteiger partial charge on any atom is -0.494 e. The van der Waals surface area contributed by atoms with Crippen LogP contribution in [0.1, 0.15) is 28.6 Å². The number of nitrogens with zero attached hydrogens (tertiary/aromatic N) is 1. The van der Waals surface area contributed by atoms with Gasteiger partial charge in [-0.1, -0.05) is 42.5 Å². The van der Waals surface area contributed by atoms with Crippen LogP contribution in [0.2, 0.25) is 0 Å². The summed E-state index contributed by atoms with van der Waals surface area (Å²) in [5.41, 5.74) is 4.95. The van der Waals surface area contributed by atoms with Gasteiger partial charge in [0.2, 0.25) is 0 Å². The molecule has 0 bridgehead atoms. The topological polar surface area (TPSA) is 82.3 Å². The largest absolute Gasteiger partial charge is 0.494 e. The number of hydrogen-bond donors (Lipinski definition) is 1. The van der Waals surface area contributed by atoms with Crippen molar-refractivity contribution in [3.05, 3.63) is 99.3 Å². The summed E-state index contributed by atoms with van der Waals surface area (Å²) in [6, 6.07) is 25.2. The Morgan fingerprint density at radius 2 is 1.84 bits per heavy atom. The number of halogens is 1. The molecule has 5 rings (SSSR count). The van der Waals surface area contributed by atoms with E-state index in [4.69, 9.17) is 18.6 Å². The number of ether oxygens (including phenoxy) is 3. The summed E-state index contributed by atoms with van der Waals surface area (Å²) in [4.78, 5) is 12.6. The molecule has 0 fully saturated rings. The number of amides is 1. The number of fused-ring (bicyclic) bond motifs is 2. The number of furan rings is 1. The van der Waals surface area contributed by atoms with Crippen LogP contribution in [0.5, 0.6) is 17.2 Å². The zero-order valence-electron chi connectivity index (χ0n) is 20.9. The van der Waals surface area contributed by atoms with E-state index >= 15 is 0 Å². The fourth-order valence-corrected chi connectivity index (χ4v) is 4.91. The number of hydrazone groups is 1. The van der Waals surface area contributed by atoms with Gasteiger partial charge in [0.15, 0.2) is 17.3 Å². The molecule has 0 saturated heterocycles. The molecule has 192 valence electrons. The zero-order chi connectivity index (χ0) is 26.5. The second-order valence-corrected chi connectivity index (χ2v) is 9.57. The first-order chi connectivity index (χ1) is 18.6. The van der Waals surface area contributed by atoms with Gasteiger partial charge in [0, 0.05) is 5.39 Å². The summed E-state index contributed by atoms with van der Waals surface area (Å²) in [5, 5.41) is 7.20. The van der Waals surface area contributed by atoms with Crippen LogP contribution in [0.4, 0.5) is 0 Å². The first kappa shape index (κ1) is 25.6. The zero-order valence-corrected chi connectivity index (χ0v) is 23.0. The van der Waals surface area contributed by atoms with Crippen molar-refractivity contribution < 1.29 is 23.4 Å². The van der Waals surface area contributed by atoms with Crippen LogP contribution in [0.3, 0.4) is 0 Å². The Kier molecular flexibility index (Phi) is 7.78. The molecule has 38 heavy (non-hydrogen) atoms. The molecule has 0 unspecified atom stereocenters. The van der Waals surface area contributed by atoms with Crippen molar-refractivity contribution in [3.8, 4) is 17.2 Å². The molecule has 0 saturated carbocycles. The quantitative estimate of drug-likeness (QED) is 0.110. The maximum atomic E-state index is 12.6. The highest BCUT2D eigenvalue weighted by molar-refractivity contribution is 14.1. The molecular formula is C30H25IN2O5. The van der Waals surface area contributed by atoms with E-state index in [1.807, 2.05) is 43.3 Å². The molecule has 5 aromatic rings. The standard InChI is InChI=1S/C30H25IN2O5/c1-3-36-23-11-12-26-22(15-23)16-28(38-26)30(34)33-32-17-19-13-25(31)29(27(14-19)35-2)37-18-21-9-6-8-20-7-4-5-10-24(20)21/h4-17H,3,18H2,1-2H3,(H,33,34)/b32-17+. The molecule has 0 aliphatic heterocycles. The molecule has 1 amide bonds. The lowest BCUT2D eigenvalue weighted by Crippen LogP contribution is -2.16. The maximum absolute atomic E-state index is 12.6. The average Bonchev–Trinajstić information content (AvgIpc) is 3.36. The molecule has 7 nitrogen and oxygen atoms in total. The monoisotopic (exact) mass is 620 g/mol. The van der Waals surface area contributed by atoms with E-state index in [9.17, 15) is 4.79 Å². The van der Waals surface area contributed by atoms with Crippen LogP contribution >= 0.6 is 22.6 Å². The Labute approximate surface area is 233 Å². The van der Waals surface area contributed by atoms with E-state index in [2.05, 4.69) is 57.4 Å². The lowest BCUT2D eigenvalue weighted by molar-refractivity contribution is 0.0929. The molecule has 1 aromatic heterocycles. The van der Waals surface area contributed by atoms with Gasteiger partial charge < -0.3 is 18.6 Å². The van der Waals surface area contributed by atoms with E-state index < -0.39 is 5.91 Å². The van der Waals surface area contributed by atoms with Gasteiger partial charge in [-0.2, -0.15) is 5.10 Å². The minimum atomic E-state index is -0.452. The predicted molar refractivity (Wildman–Crippen MR) is 156 cm³/mol. The molecule has 0 spiro atoms. The van der Waals surface area contributed by atoms with Crippen LogP contribution in [0, 0.1) is 3.57 Å². The van der Waals surface area contributed by atoms with Crippen LogP contribution in [-0.2, 0) is 6.61 Å². The summed E-state index contributed by atoms with van der Waals surface area (Å²) in [6.45, 7) is 2.88. The second kappa shape index (κ2) is 11.6. The van der Waals surface area contributed by atoms with Crippen LogP contribution in [0.15, 0.2) is 88.4 Å². The molecule has 4 aromatic carbocycles. The highest BCUT2D eigenvalue weighted by Crippen LogP contribution is 2.34. The van der Waals surface area contributed by atoms with Crippen molar-refractivity contribution in [1.82, 2.24) is 5.43 Å². The predicted octanol–water partition coefficient (Wildman–Crippen LogP) is 6.94. The first-order valence-electron chi connectivity index (χ1n) is 12.0. The summed E-state index contributed by atoms with van der Waals surface area (Å²) >= 11 is 2.21. The third-order valence-electron chi connectivity index (χ3n) is 5.91. The van der Waals surface area contributed by atoms with E-state index in [0.717, 1.165) is 31.2 Å². The van der Waals surface area contributed by atoms with Crippen molar-refractivity contribution in [2.75, 3.05) is 13.7 Å². The van der Waals surface area contributed by atoms with Gasteiger partial charge in [-0.05, 0) is 87.8 Å². The van der Waals surface area contributed by atoms with E-state index in [-0.39, 0.29) is 5.76 Å².